The molecule has 1 saturated heterocycles. The van der Waals surface area contributed by atoms with Crippen LogP contribution in [0.15, 0.2) is 0 Å². The lowest BCUT2D eigenvalue weighted by molar-refractivity contribution is 0.0478. The first-order valence-corrected chi connectivity index (χ1v) is 5.63. The molecule has 1 rings (SSSR count). The average molecular weight is 230 g/mol. The van der Waals surface area contributed by atoms with E-state index in [4.69, 9.17) is 9.47 Å². The number of hydrogen-bond acceptors (Lipinski definition) is 4. The highest BCUT2D eigenvalue weighted by atomic mass is 16.6. The maximum atomic E-state index is 11.4. The van der Waals surface area contributed by atoms with Crippen molar-refractivity contribution >= 4 is 6.09 Å². The number of nitrogens with one attached hydrogen (secondary N) is 2. The van der Waals surface area contributed by atoms with E-state index in [0.29, 0.717) is 12.5 Å². The molecule has 1 amide bonds. The smallest absolute Gasteiger partial charge is 0.407 e. The van der Waals surface area contributed by atoms with E-state index < -0.39 is 5.60 Å². The number of ether oxygens (including phenoxy) is 2. The van der Waals surface area contributed by atoms with E-state index in [-0.39, 0.29) is 12.2 Å². The molecule has 0 bridgehead atoms. The molecule has 1 aliphatic rings. The normalized spacial score (nSPS) is 25.5. The summed E-state index contributed by atoms with van der Waals surface area (Å²) in [5, 5.41) is 5.99. The highest BCUT2D eigenvalue weighted by Crippen LogP contribution is 2.11. The largest absolute Gasteiger partial charge is 0.444 e. The molecule has 0 aliphatic carbocycles. The first-order valence-electron chi connectivity index (χ1n) is 5.63. The fourth-order valence-corrected chi connectivity index (χ4v) is 1.72. The fourth-order valence-electron chi connectivity index (χ4n) is 1.72. The van der Waals surface area contributed by atoms with Crippen LogP contribution in [0.2, 0.25) is 0 Å². The van der Waals surface area contributed by atoms with Crippen LogP contribution in [-0.2, 0) is 9.47 Å². The Morgan fingerprint density at radius 1 is 1.44 bits per heavy atom. The molecule has 16 heavy (non-hydrogen) atoms. The first-order chi connectivity index (χ1) is 7.42. The fraction of sp³-hybridized carbons (Fsp3) is 0.909. The van der Waals surface area contributed by atoms with Crippen LogP contribution in [0.3, 0.4) is 0 Å². The van der Waals surface area contributed by atoms with Crippen molar-refractivity contribution in [1.82, 2.24) is 10.6 Å². The quantitative estimate of drug-likeness (QED) is 0.751. The summed E-state index contributed by atoms with van der Waals surface area (Å²) in [7, 11) is 1.69. The second kappa shape index (κ2) is 5.50. The SMILES string of the molecule is COC1CNCC1CNC(=O)OC(C)(C)C. The summed E-state index contributed by atoms with van der Waals surface area (Å²) in [6.45, 7) is 7.84. The minimum atomic E-state index is -0.446. The maximum absolute atomic E-state index is 11.4. The molecule has 94 valence electrons. The van der Waals surface area contributed by atoms with Crippen LogP contribution in [0.25, 0.3) is 0 Å². The molecule has 1 fully saturated rings. The summed E-state index contributed by atoms with van der Waals surface area (Å²) in [5.74, 6) is 0.317. The van der Waals surface area contributed by atoms with Gasteiger partial charge < -0.3 is 20.1 Å². The zero-order chi connectivity index (χ0) is 12.2. The minimum absolute atomic E-state index is 0.176. The standard InChI is InChI=1S/C11H22N2O3/c1-11(2,3)16-10(14)13-6-8-5-12-7-9(8)15-4/h8-9,12H,5-7H2,1-4H3,(H,13,14). The topological polar surface area (TPSA) is 59.6 Å². The molecule has 5 nitrogen and oxygen atoms in total. The molecular formula is C11H22N2O3. The van der Waals surface area contributed by atoms with E-state index in [2.05, 4.69) is 10.6 Å². The minimum Gasteiger partial charge on any atom is -0.444 e. The first kappa shape index (κ1) is 13.3. The predicted molar refractivity (Wildman–Crippen MR) is 61.4 cm³/mol. The molecule has 1 aliphatic heterocycles. The monoisotopic (exact) mass is 230 g/mol. The van der Waals surface area contributed by atoms with Crippen molar-refractivity contribution in [2.45, 2.75) is 32.5 Å². The van der Waals surface area contributed by atoms with E-state index in [1.807, 2.05) is 20.8 Å². The molecule has 2 unspecified atom stereocenters. The Labute approximate surface area is 96.9 Å². The molecule has 0 aromatic carbocycles. The van der Waals surface area contributed by atoms with Gasteiger partial charge in [0.15, 0.2) is 0 Å². The van der Waals surface area contributed by atoms with Gasteiger partial charge in [-0.15, -0.1) is 0 Å². The summed E-state index contributed by atoms with van der Waals surface area (Å²) in [6, 6.07) is 0. The number of hydrogen-bond donors (Lipinski definition) is 2. The van der Waals surface area contributed by atoms with Crippen molar-refractivity contribution in [3.63, 3.8) is 0 Å². The molecule has 0 aromatic rings. The van der Waals surface area contributed by atoms with E-state index in [9.17, 15) is 4.79 Å². The third-order valence-corrected chi connectivity index (χ3v) is 2.49. The molecule has 0 saturated carbocycles. The van der Waals surface area contributed by atoms with Crippen molar-refractivity contribution in [1.29, 1.82) is 0 Å². The summed E-state index contributed by atoms with van der Waals surface area (Å²) in [5.41, 5.74) is -0.446. The molecular weight excluding hydrogens is 208 g/mol. The van der Waals surface area contributed by atoms with Gasteiger partial charge in [-0.1, -0.05) is 0 Å². The van der Waals surface area contributed by atoms with Crippen LogP contribution in [0.4, 0.5) is 4.79 Å². The zero-order valence-corrected chi connectivity index (χ0v) is 10.5. The molecule has 1 heterocycles. The van der Waals surface area contributed by atoms with Crippen LogP contribution in [0, 0.1) is 5.92 Å². The van der Waals surface area contributed by atoms with Gasteiger partial charge in [-0.2, -0.15) is 0 Å². The van der Waals surface area contributed by atoms with E-state index >= 15 is 0 Å². The lowest BCUT2D eigenvalue weighted by Crippen LogP contribution is -2.38. The molecule has 0 aromatic heterocycles. The summed E-state index contributed by atoms with van der Waals surface area (Å²) in [4.78, 5) is 11.4. The van der Waals surface area contributed by atoms with Crippen molar-refractivity contribution in [2.24, 2.45) is 5.92 Å². The Bertz CT molecular complexity index is 238. The Kier molecular flexibility index (Phi) is 4.56. The lowest BCUT2D eigenvalue weighted by Gasteiger charge is -2.22. The number of methoxy groups -OCH3 is 1. The number of rotatable bonds is 3. The second-order valence-electron chi connectivity index (χ2n) is 5.08. The number of carbonyl (C=O) groups is 1. The van der Waals surface area contributed by atoms with Gasteiger partial charge in [-0.05, 0) is 20.8 Å². The Morgan fingerprint density at radius 2 is 2.12 bits per heavy atom. The van der Waals surface area contributed by atoms with Gasteiger partial charge in [0.2, 0.25) is 0 Å². The van der Waals surface area contributed by atoms with Gasteiger partial charge in [-0.3, -0.25) is 0 Å². The van der Waals surface area contributed by atoms with Gasteiger partial charge in [0.05, 0.1) is 6.10 Å². The number of alkyl carbamates (subject to hydrolysis) is 1. The molecule has 0 spiro atoms. The van der Waals surface area contributed by atoms with Crippen molar-refractivity contribution in [3.05, 3.63) is 0 Å². The Balaban J connectivity index is 2.26. The van der Waals surface area contributed by atoms with Crippen molar-refractivity contribution in [3.8, 4) is 0 Å². The zero-order valence-electron chi connectivity index (χ0n) is 10.5. The summed E-state index contributed by atoms with van der Waals surface area (Å²) >= 11 is 0. The summed E-state index contributed by atoms with van der Waals surface area (Å²) in [6.07, 6.45) is -0.191. The third kappa shape index (κ3) is 4.37. The van der Waals surface area contributed by atoms with Gasteiger partial charge in [0.1, 0.15) is 5.60 Å². The highest BCUT2D eigenvalue weighted by Gasteiger charge is 2.27. The molecule has 2 atom stereocenters. The van der Waals surface area contributed by atoms with Gasteiger partial charge >= 0.3 is 6.09 Å². The number of amides is 1. The second-order valence-corrected chi connectivity index (χ2v) is 5.08. The summed E-state index contributed by atoms with van der Waals surface area (Å²) < 4.78 is 10.5. The van der Waals surface area contributed by atoms with Crippen LogP contribution >= 0.6 is 0 Å². The predicted octanol–water partition coefficient (Wildman–Crippen LogP) is 0.745. The van der Waals surface area contributed by atoms with Crippen LogP contribution in [0.5, 0.6) is 0 Å². The highest BCUT2D eigenvalue weighted by molar-refractivity contribution is 5.67. The van der Waals surface area contributed by atoms with Crippen molar-refractivity contribution in [2.75, 3.05) is 26.7 Å². The Hall–Kier alpha value is -0.810. The number of carbonyl (C=O) groups excluding carboxylic acids is 1. The van der Waals surface area contributed by atoms with E-state index in [1.54, 1.807) is 7.11 Å². The van der Waals surface area contributed by atoms with Gasteiger partial charge in [-0.25, -0.2) is 4.79 Å². The van der Waals surface area contributed by atoms with Crippen LogP contribution in [-0.4, -0.2) is 44.5 Å². The lowest BCUT2D eigenvalue weighted by atomic mass is 10.1. The maximum Gasteiger partial charge on any atom is 0.407 e. The third-order valence-electron chi connectivity index (χ3n) is 2.49. The Morgan fingerprint density at radius 3 is 2.69 bits per heavy atom. The molecule has 2 N–H and O–H groups in total. The van der Waals surface area contributed by atoms with Gasteiger partial charge in [0.25, 0.3) is 0 Å². The van der Waals surface area contributed by atoms with Crippen molar-refractivity contribution < 1.29 is 14.3 Å². The molecule has 0 radical (unpaired) electrons. The van der Waals surface area contributed by atoms with E-state index in [0.717, 1.165) is 13.1 Å². The van der Waals surface area contributed by atoms with Crippen LogP contribution in [0.1, 0.15) is 20.8 Å². The molecule has 5 heteroatoms. The van der Waals surface area contributed by atoms with Gasteiger partial charge in [0, 0.05) is 32.7 Å². The van der Waals surface area contributed by atoms with Crippen LogP contribution < -0.4 is 10.6 Å². The van der Waals surface area contributed by atoms with E-state index in [1.165, 1.54) is 0 Å². The average Bonchev–Trinajstić information content (AvgIpc) is 2.59.